The first-order chi connectivity index (χ1) is 9.52. The topological polar surface area (TPSA) is 35.5 Å². The third kappa shape index (κ3) is 2.30. The van der Waals surface area contributed by atoms with Gasteiger partial charge in [0, 0.05) is 0 Å². The van der Waals surface area contributed by atoms with E-state index in [9.17, 15) is 31.1 Å². The van der Waals surface area contributed by atoms with Gasteiger partial charge in [-0.3, -0.25) is 4.79 Å². The van der Waals surface area contributed by atoms with Crippen LogP contribution in [0.1, 0.15) is 16.8 Å². The van der Waals surface area contributed by atoms with Crippen LogP contribution in [0.5, 0.6) is 11.5 Å². The van der Waals surface area contributed by atoms with E-state index in [0.29, 0.717) is 0 Å². The minimum Gasteiger partial charge on any atom is -0.497 e. The Morgan fingerprint density at radius 3 is 2.19 bits per heavy atom. The first kappa shape index (κ1) is 15.5. The summed E-state index contributed by atoms with van der Waals surface area (Å²) in [6, 6.07) is 2.99. The molecule has 0 radical (unpaired) electrons. The summed E-state index contributed by atoms with van der Waals surface area (Å²) in [4.78, 5) is 11.7. The van der Waals surface area contributed by atoms with Gasteiger partial charge in [-0.05, 0) is 18.2 Å². The summed E-state index contributed by atoms with van der Waals surface area (Å²) in [5, 5.41) is 0. The number of ether oxygens (including phenoxy) is 2. The van der Waals surface area contributed by atoms with Gasteiger partial charge in [0.15, 0.2) is 5.78 Å². The SMILES string of the molecule is COc1ccc2c(c1)C(=O)CC(C(F)(F)F)(C(F)(F)F)O2. The number of fused-ring (bicyclic) bond motifs is 1. The molecule has 116 valence electrons. The molecular weight excluding hydrogens is 306 g/mol. The molecule has 0 fully saturated rings. The molecule has 1 aliphatic rings. The number of Topliss-reactive ketones (excluding diaryl/α,β-unsaturated/α-hetero) is 1. The molecule has 21 heavy (non-hydrogen) atoms. The zero-order chi connectivity index (χ0) is 16.1. The minimum absolute atomic E-state index is 0.122. The lowest BCUT2D eigenvalue weighted by atomic mass is 9.88. The summed E-state index contributed by atoms with van der Waals surface area (Å²) in [6.45, 7) is 0. The van der Waals surface area contributed by atoms with Crippen molar-refractivity contribution in [2.24, 2.45) is 0 Å². The van der Waals surface area contributed by atoms with Gasteiger partial charge in [-0.25, -0.2) is 0 Å². The number of rotatable bonds is 1. The van der Waals surface area contributed by atoms with E-state index in [1.54, 1.807) is 0 Å². The highest BCUT2D eigenvalue weighted by Gasteiger charge is 2.75. The van der Waals surface area contributed by atoms with Gasteiger partial charge in [0.05, 0.1) is 19.1 Å². The molecule has 1 aromatic rings. The van der Waals surface area contributed by atoms with Crippen molar-refractivity contribution < 1.29 is 40.6 Å². The molecule has 0 amide bonds. The lowest BCUT2D eigenvalue weighted by molar-refractivity contribution is -0.356. The van der Waals surface area contributed by atoms with Crippen molar-refractivity contribution in [3.05, 3.63) is 23.8 Å². The van der Waals surface area contributed by atoms with Crippen LogP contribution >= 0.6 is 0 Å². The van der Waals surface area contributed by atoms with Crippen LogP contribution in [0.3, 0.4) is 0 Å². The molecule has 1 aliphatic heterocycles. The lowest BCUT2D eigenvalue weighted by Crippen LogP contribution is -2.63. The van der Waals surface area contributed by atoms with E-state index in [1.807, 2.05) is 0 Å². The summed E-state index contributed by atoms with van der Waals surface area (Å²) >= 11 is 0. The van der Waals surface area contributed by atoms with Crippen molar-refractivity contribution >= 4 is 5.78 Å². The number of methoxy groups -OCH3 is 1. The monoisotopic (exact) mass is 314 g/mol. The fourth-order valence-electron chi connectivity index (χ4n) is 1.96. The van der Waals surface area contributed by atoms with E-state index in [-0.39, 0.29) is 11.3 Å². The molecule has 3 nitrogen and oxygen atoms in total. The fraction of sp³-hybridized carbons (Fsp3) is 0.417. The van der Waals surface area contributed by atoms with Crippen molar-refractivity contribution in [1.82, 2.24) is 0 Å². The lowest BCUT2D eigenvalue weighted by Gasteiger charge is -2.39. The number of benzene rings is 1. The highest BCUT2D eigenvalue weighted by Crippen LogP contribution is 2.51. The van der Waals surface area contributed by atoms with Gasteiger partial charge in [0.25, 0.3) is 0 Å². The van der Waals surface area contributed by atoms with Gasteiger partial charge >= 0.3 is 18.0 Å². The Balaban J connectivity index is 2.58. The molecule has 0 spiro atoms. The zero-order valence-corrected chi connectivity index (χ0v) is 10.4. The predicted molar refractivity (Wildman–Crippen MR) is 57.4 cm³/mol. The first-order valence-electron chi connectivity index (χ1n) is 5.55. The molecule has 9 heteroatoms. The molecule has 0 aliphatic carbocycles. The molecule has 1 heterocycles. The smallest absolute Gasteiger partial charge is 0.437 e. The quantitative estimate of drug-likeness (QED) is 0.744. The molecule has 0 saturated heterocycles. The molecule has 0 unspecified atom stereocenters. The van der Waals surface area contributed by atoms with Crippen LogP contribution in [0.4, 0.5) is 26.3 Å². The van der Waals surface area contributed by atoms with Crippen LogP contribution < -0.4 is 9.47 Å². The number of hydrogen-bond donors (Lipinski definition) is 0. The van der Waals surface area contributed by atoms with Crippen molar-refractivity contribution in [3.8, 4) is 11.5 Å². The number of alkyl halides is 6. The van der Waals surface area contributed by atoms with Gasteiger partial charge in [0.1, 0.15) is 11.5 Å². The first-order valence-corrected chi connectivity index (χ1v) is 5.55. The molecule has 0 saturated carbocycles. The maximum absolute atomic E-state index is 12.9. The van der Waals surface area contributed by atoms with E-state index in [4.69, 9.17) is 4.74 Å². The van der Waals surface area contributed by atoms with E-state index in [2.05, 4.69) is 4.74 Å². The summed E-state index contributed by atoms with van der Waals surface area (Å²) in [7, 11) is 1.24. The molecule has 0 N–H and O–H groups in total. The van der Waals surface area contributed by atoms with Crippen molar-refractivity contribution in [1.29, 1.82) is 0 Å². The van der Waals surface area contributed by atoms with E-state index < -0.39 is 35.9 Å². The summed E-state index contributed by atoms with van der Waals surface area (Å²) in [6.07, 6.45) is -13.4. The van der Waals surface area contributed by atoms with E-state index in [0.717, 1.165) is 18.2 Å². The van der Waals surface area contributed by atoms with E-state index >= 15 is 0 Å². The summed E-state index contributed by atoms with van der Waals surface area (Å²) in [5.74, 6) is -1.97. The fourth-order valence-corrected chi connectivity index (χ4v) is 1.96. The van der Waals surface area contributed by atoms with Crippen LogP contribution in [0.2, 0.25) is 0 Å². The standard InChI is InChI=1S/C12H8F6O3/c1-20-6-2-3-9-7(4-6)8(19)5-10(21-9,11(13,14)15)12(16,17)18/h2-4H,5H2,1H3. The maximum Gasteiger partial charge on any atom is 0.437 e. The summed E-state index contributed by atoms with van der Waals surface area (Å²) in [5.41, 5.74) is -4.91. The van der Waals surface area contributed by atoms with Crippen molar-refractivity contribution in [2.75, 3.05) is 7.11 Å². The van der Waals surface area contributed by atoms with Crippen LogP contribution in [-0.2, 0) is 0 Å². The minimum atomic E-state index is -5.78. The van der Waals surface area contributed by atoms with Crippen molar-refractivity contribution in [3.63, 3.8) is 0 Å². The number of carbonyl (C=O) groups is 1. The third-order valence-corrected chi connectivity index (χ3v) is 3.10. The third-order valence-electron chi connectivity index (χ3n) is 3.10. The molecular formula is C12H8F6O3. The number of halogens is 6. The van der Waals surface area contributed by atoms with Crippen LogP contribution in [0.15, 0.2) is 18.2 Å². The Hall–Kier alpha value is -1.93. The zero-order valence-electron chi connectivity index (χ0n) is 10.4. The number of hydrogen-bond acceptors (Lipinski definition) is 3. The van der Waals surface area contributed by atoms with Crippen LogP contribution in [-0.4, -0.2) is 30.8 Å². The summed E-state index contributed by atoms with van der Waals surface area (Å²) < 4.78 is 86.3. The van der Waals surface area contributed by atoms with Gasteiger partial charge in [-0.2, -0.15) is 26.3 Å². The average molecular weight is 314 g/mol. The second-order valence-electron chi connectivity index (χ2n) is 4.39. The van der Waals surface area contributed by atoms with Gasteiger partial charge in [-0.15, -0.1) is 0 Å². The number of carbonyl (C=O) groups excluding carboxylic acids is 1. The highest BCUT2D eigenvalue weighted by molar-refractivity contribution is 6.01. The van der Waals surface area contributed by atoms with Crippen molar-refractivity contribution in [2.45, 2.75) is 24.4 Å². The van der Waals surface area contributed by atoms with Gasteiger partial charge < -0.3 is 9.47 Å². The van der Waals surface area contributed by atoms with Gasteiger partial charge in [0.2, 0.25) is 0 Å². The normalized spacial score (nSPS) is 18.0. The maximum atomic E-state index is 12.9. The molecule has 0 aromatic heterocycles. The largest absolute Gasteiger partial charge is 0.497 e. The number of ketones is 1. The second-order valence-corrected chi connectivity index (χ2v) is 4.39. The Kier molecular flexibility index (Phi) is 3.34. The molecule has 2 rings (SSSR count). The Morgan fingerprint density at radius 1 is 1.14 bits per heavy atom. The second kappa shape index (κ2) is 4.54. The molecule has 1 aromatic carbocycles. The molecule has 0 bridgehead atoms. The van der Waals surface area contributed by atoms with E-state index in [1.165, 1.54) is 7.11 Å². The predicted octanol–water partition coefficient (Wildman–Crippen LogP) is 3.52. The van der Waals surface area contributed by atoms with Crippen LogP contribution in [0, 0.1) is 0 Å². The average Bonchev–Trinajstić information content (AvgIpc) is 2.35. The Morgan fingerprint density at radius 2 is 1.71 bits per heavy atom. The Labute approximate surface area is 114 Å². The Bertz CT molecular complexity index is 561. The molecule has 0 atom stereocenters. The van der Waals surface area contributed by atoms with Crippen LogP contribution in [0.25, 0.3) is 0 Å². The highest BCUT2D eigenvalue weighted by atomic mass is 19.4. The van der Waals surface area contributed by atoms with Gasteiger partial charge in [-0.1, -0.05) is 0 Å².